The van der Waals surface area contributed by atoms with Crippen LogP contribution in [0.3, 0.4) is 0 Å². The molecule has 0 fully saturated rings. The van der Waals surface area contributed by atoms with Crippen LogP contribution in [0, 0.1) is 0 Å². The summed E-state index contributed by atoms with van der Waals surface area (Å²) in [4.78, 5) is 15.8. The Hall–Kier alpha value is -3.41. The number of aryl methyl sites for hydroxylation is 1. The zero-order chi connectivity index (χ0) is 24.5. The van der Waals surface area contributed by atoms with Crippen LogP contribution < -0.4 is 11.1 Å². The number of anilines is 2. The number of hydrogen-bond acceptors (Lipinski definition) is 6. The molecule has 0 aliphatic rings. The molecule has 0 spiro atoms. The Morgan fingerprint density at radius 1 is 1.18 bits per heavy atom. The van der Waals surface area contributed by atoms with Gasteiger partial charge in [0.2, 0.25) is 0 Å². The summed E-state index contributed by atoms with van der Waals surface area (Å²) in [5, 5.41) is 5.24. The maximum absolute atomic E-state index is 6.30. The largest absolute Gasteiger partial charge is 0.383 e. The number of allylic oxidation sites excluding steroid dienone is 1. The molecule has 6 heteroatoms. The van der Waals surface area contributed by atoms with Gasteiger partial charge in [-0.25, -0.2) is 9.97 Å². The highest BCUT2D eigenvalue weighted by atomic mass is 15.1. The summed E-state index contributed by atoms with van der Waals surface area (Å²) < 4.78 is 0. The first-order valence-electron chi connectivity index (χ1n) is 12.3. The Bertz CT molecular complexity index is 1140. The lowest BCUT2D eigenvalue weighted by atomic mass is 10.0. The van der Waals surface area contributed by atoms with Crippen molar-refractivity contribution >= 4 is 22.4 Å². The van der Waals surface area contributed by atoms with Crippen molar-refractivity contribution in [1.29, 1.82) is 0 Å². The molecule has 3 aromatic heterocycles. The number of nitrogens with two attached hydrogens (primary N) is 1. The first kappa shape index (κ1) is 25.2. The minimum absolute atomic E-state index is 0.468. The molecule has 0 aliphatic carbocycles. The first-order chi connectivity index (χ1) is 16.5. The van der Waals surface area contributed by atoms with Gasteiger partial charge in [-0.1, -0.05) is 46.6 Å². The van der Waals surface area contributed by atoms with E-state index in [1.807, 2.05) is 30.6 Å². The van der Waals surface area contributed by atoms with Crippen LogP contribution >= 0.6 is 0 Å². The van der Waals surface area contributed by atoms with Gasteiger partial charge in [-0.3, -0.25) is 4.98 Å². The zero-order valence-corrected chi connectivity index (χ0v) is 21.0. The van der Waals surface area contributed by atoms with Gasteiger partial charge in [-0.2, -0.15) is 0 Å². The van der Waals surface area contributed by atoms with E-state index in [9.17, 15) is 0 Å². The number of fused-ring (bicyclic) bond motifs is 1. The van der Waals surface area contributed by atoms with Gasteiger partial charge in [-0.15, -0.1) is 0 Å². The number of nitrogen functional groups attached to an aromatic ring is 1. The maximum atomic E-state index is 6.30. The predicted molar refractivity (Wildman–Crippen MR) is 144 cm³/mol. The van der Waals surface area contributed by atoms with E-state index in [-0.39, 0.29) is 0 Å². The molecular formula is C28H38N6. The van der Waals surface area contributed by atoms with Gasteiger partial charge < -0.3 is 16.0 Å². The molecule has 3 N–H and O–H groups in total. The molecule has 180 valence electrons. The summed E-state index contributed by atoms with van der Waals surface area (Å²) in [5.74, 6) is 1.21. The van der Waals surface area contributed by atoms with E-state index in [1.54, 1.807) is 6.20 Å². The molecule has 3 rings (SSSR count). The van der Waals surface area contributed by atoms with E-state index < -0.39 is 0 Å². The molecule has 34 heavy (non-hydrogen) atoms. The zero-order valence-electron chi connectivity index (χ0n) is 21.0. The number of nitrogens with one attached hydrogen (secondary N) is 1. The Kier molecular flexibility index (Phi) is 9.02. The van der Waals surface area contributed by atoms with Gasteiger partial charge in [0.1, 0.15) is 11.6 Å². The summed E-state index contributed by atoms with van der Waals surface area (Å²) in [7, 11) is 2.15. The van der Waals surface area contributed by atoms with Crippen molar-refractivity contribution in [3.05, 3.63) is 66.9 Å². The van der Waals surface area contributed by atoms with Gasteiger partial charge in [0.25, 0.3) is 0 Å². The van der Waals surface area contributed by atoms with Crippen molar-refractivity contribution in [3.63, 3.8) is 0 Å². The molecule has 0 radical (unpaired) electrons. The highest BCUT2D eigenvalue weighted by molar-refractivity contribution is 5.94. The van der Waals surface area contributed by atoms with Crippen LogP contribution in [0.25, 0.3) is 22.0 Å². The molecule has 0 aliphatic heterocycles. The summed E-state index contributed by atoms with van der Waals surface area (Å²) in [6, 6.07) is 6.62. The molecular weight excluding hydrogens is 420 g/mol. The van der Waals surface area contributed by atoms with Crippen LogP contribution in [0.1, 0.15) is 58.4 Å². The Morgan fingerprint density at radius 3 is 2.71 bits per heavy atom. The number of unbranched alkanes of at least 4 members (excludes halogenated alkanes) is 1. The second-order valence-corrected chi connectivity index (χ2v) is 8.73. The van der Waals surface area contributed by atoms with E-state index in [0.29, 0.717) is 11.9 Å². The Morgan fingerprint density at radius 2 is 2.00 bits per heavy atom. The maximum Gasteiger partial charge on any atom is 0.133 e. The molecule has 1 unspecified atom stereocenters. The van der Waals surface area contributed by atoms with Crippen LogP contribution in [0.15, 0.2) is 61.3 Å². The number of rotatable bonds is 12. The topological polar surface area (TPSA) is 80.0 Å². The summed E-state index contributed by atoms with van der Waals surface area (Å²) in [5.41, 5.74) is 10.2. The minimum atomic E-state index is 0.468. The van der Waals surface area contributed by atoms with E-state index in [4.69, 9.17) is 5.73 Å². The minimum Gasteiger partial charge on any atom is -0.383 e. The van der Waals surface area contributed by atoms with Crippen LogP contribution in [0.5, 0.6) is 0 Å². The number of aromatic nitrogens is 3. The van der Waals surface area contributed by atoms with E-state index in [2.05, 4.69) is 71.8 Å². The third kappa shape index (κ3) is 6.13. The van der Waals surface area contributed by atoms with Crippen molar-refractivity contribution < 1.29 is 0 Å². The van der Waals surface area contributed by atoms with E-state index in [1.165, 1.54) is 37.7 Å². The van der Waals surface area contributed by atoms with Crippen LogP contribution in [-0.2, 0) is 6.42 Å². The van der Waals surface area contributed by atoms with Gasteiger partial charge in [-0.05, 0) is 54.5 Å². The fraction of sp³-hybridized carbons (Fsp3) is 0.393. The number of hydrogen-bond donors (Lipinski definition) is 2. The lowest BCUT2D eigenvalue weighted by Crippen LogP contribution is -2.27. The quantitative estimate of drug-likeness (QED) is 0.299. The molecule has 1 atom stereocenters. The lowest BCUT2D eigenvalue weighted by molar-refractivity contribution is 0.286. The molecule has 0 bridgehead atoms. The van der Waals surface area contributed by atoms with Crippen molar-refractivity contribution in [3.8, 4) is 11.3 Å². The molecule has 3 heterocycles. The highest BCUT2D eigenvalue weighted by Crippen LogP contribution is 2.29. The second-order valence-electron chi connectivity index (χ2n) is 8.73. The smallest absolute Gasteiger partial charge is 0.133 e. The van der Waals surface area contributed by atoms with Gasteiger partial charge in [0.15, 0.2) is 0 Å². The lowest BCUT2D eigenvalue weighted by Gasteiger charge is -2.27. The molecule has 6 nitrogen and oxygen atoms in total. The third-order valence-electron chi connectivity index (χ3n) is 6.24. The second kappa shape index (κ2) is 12.2. The van der Waals surface area contributed by atoms with E-state index >= 15 is 0 Å². The van der Waals surface area contributed by atoms with Crippen molar-refractivity contribution in [1.82, 2.24) is 19.9 Å². The molecule has 0 saturated heterocycles. The molecule has 0 amide bonds. The molecule has 0 aromatic carbocycles. The van der Waals surface area contributed by atoms with Crippen molar-refractivity contribution in [2.75, 3.05) is 18.1 Å². The monoisotopic (exact) mass is 458 g/mol. The van der Waals surface area contributed by atoms with Gasteiger partial charge in [0.05, 0.1) is 11.4 Å². The average Bonchev–Trinajstić information content (AvgIpc) is 2.85. The first-order valence-corrected chi connectivity index (χ1v) is 12.3. The standard InChI is InChI=1S/C28H38N6/c1-6-10-12-23(11-7-2)34(5)19-22(9-4)32-27-16-21-15-26(33-28(29)25(21)18-31-27)24-17-30-14-13-20(24)8-3/h9,13-19,23H,4,6-8,10-12H2,1-3,5H3,(H2,29,33)(H,31,32)/b22-19+. The van der Waals surface area contributed by atoms with Crippen LogP contribution in [-0.4, -0.2) is 32.9 Å². The average molecular weight is 459 g/mol. The van der Waals surface area contributed by atoms with Crippen LogP contribution in [0.4, 0.5) is 11.6 Å². The highest BCUT2D eigenvalue weighted by Gasteiger charge is 2.13. The predicted octanol–water partition coefficient (Wildman–Crippen LogP) is 6.57. The fourth-order valence-electron chi connectivity index (χ4n) is 4.28. The van der Waals surface area contributed by atoms with Crippen molar-refractivity contribution in [2.45, 2.75) is 65.3 Å². The number of nitrogens with zero attached hydrogens (tertiary/aromatic N) is 4. The molecule has 0 saturated carbocycles. The molecule has 3 aromatic rings. The summed E-state index contributed by atoms with van der Waals surface area (Å²) >= 11 is 0. The SMILES string of the molecule is C=C/C(=C\N(C)C(CCC)CCCC)Nc1cc2cc(-c3cnccc3CC)nc(N)c2cn1. The van der Waals surface area contributed by atoms with Gasteiger partial charge in [0, 0.05) is 48.8 Å². The summed E-state index contributed by atoms with van der Waals surface area (Å²) in [6.45, 7) is 10.6. The normalized spacial score (nSPS) is 12.5. The summed E-state index contributed by atoms with van der Waals surface area (Å²) in [6.07, 6.45) is 16.3. The van der Waals surface area contributed by atoms with Crippen molar-refractivity contribution in [2.24, 2.45) is 0 Å². The fourth-order valence-corrected chi connectivity index (χ4v) is 4.28. The van der Waals surface area contributed by atoms with E-state index in [0.717, 1.165) is 40.0 Å². The Balaban J connectivity index is 1.90. The van der Waals surface area contributed by atoms with Crippen LogP contribution in [0.2, 0.25) is 0 Å². The Labute approximate surface area is 204 Å². The number of pyridine rings is 3. The third-order valence-corrected chi connectivity index (χ3v) is 6.24. The van der Waals surface area contributed by atoms with Gasteiger partial charge >= 0.3 is 0 Å².